The molecule has 2 aromatic heterocycles. The quantitative estimate of drug-likeness (QED) is 0.220. The molecule has 2 bridgehead atoms. The number of hydrogen-bond donors (Lipinski definition) is 1. The van der Waals surface area contributed by atoms with Crippen molar-refractivity contribution in [2.75, 3.05) is 16.7 Å². The molecule has 220 valence electrons. The van der Waals surface area contributed by atoms with Crippen LogP contribution in [-0.2, 0) is 29.7 Å². The third-order valence-electron chi connectivity index (χ3n) is 8.40. The molecule has 2 aromatic carbocycles. The van der Waals surface area contributed by atoms with E-state index >= 15 is 4.39 Å². The van der Waals surface area contributed by atoms with Gasteiger partial charge >= 0.3 is 0 Å². The van der Waals surface area contributed by atoms with Gasteiger partial charge in [-0.1, -0.05) is 24.3 Å². The summed E-state index contributed by atoms with van der Waals surface area (Å²) >= 11 is 1.32. The van der Waals surface area contributed by atoms with E-state index in [4.69, 9.17) is 4.74 Å². The number of anilines is 2. The molecule has 4 aromatic rings. The number of ether oxygens (including phenoxy) is 1. The highest BCUT2D eigenvalue weighted by atomic mass is 32.2. The Bertz CT molecular complexity index is 1630. The number of methoxy groups -OCH3 is 1. The first-order valence-corrected chi connectivity index (χ1v) is 16.5. The second kappa shape index (κ2) is 12.0. The van der Waals surface area contributed by atoms with Crippen molar-refractivity contribution in [1.29, 1.82) is 0 Å². The minimum atomic E-state index is -4.03. The average molecular weight is 608 g/mol. The molecule has 42 heavy (non-hydrogen) atoms. The van der Waals surface area contributed by atoms with Crippen LogP contribution in [0.3, 0.4) is 0 Å². The van der Waals surface area contributed by atoms with Gasteiger partial charge in [0.05, 0.1) is 30.5 Å². The molecule has 2 fully saturated rings. The highest BCUT2D eigenvalue weighted by molar-refractivity contribution is 7.92. The lowest BCUT2D eigenvalue weighted by molar-refractivity contribution is 0.243. The van der Waals surface area contributed by atoms with E-state index in [9.17, 15) is 8.42 Å². The number of aromatic nitrogens is 2. The summed E-state index contributed by atoms with van der Waals surface area (Å²) in [6.45, 7) is 2.87. The van der Waals surface area contributed by atoms with Crippen LogP contribution in [-0.4, -0.2) is 42.5 Å². The van der Waals surface area contributed by atoms with Gasteiger partial charge in [-0.15, -0.1) is 11.3 Å². The van der Waals surface area contributed by atoms with Gasteiger partial charge in [-0.25, -0.2) is 18.7 Å². The van der Waals surface area contributed by atoms with Crippen LogP contribution in [0.15, 0.2) is 70.5 Å². The summed E-state index contributed by atoms with van der Waals surface area (Å²) in [5.41, 5.74) is 5.17. The summed E-state index contributed by atoms with van der Waals surface area (Å²) < 4.78 is 49.2. The Morgan fingerprint density at radius 2 is 1.81 bits per heavy atom. The first kappa shape index (κ1) is 28.6. The van der Waals surface area contributed by atoms with Crippen LogP contribution in [0.2, 0.25) is 0 Å². The van der Waals surface area contributed by atoms with Gasteiger partial charge in [0.15, 0.2) is 10.8 Å². The maximum Gasteiger partial charge on any atom is 0.283 e. The van der Waals surface area contributed by atoms with Crippen LogP contribution in [0, 0.1) is 12.7 Å². The number of sulfonamides is 1. The third-order valence-corrected chi connectivity index (χ3v) is 10.6. The molecule has 0 amide bonds. The van der Waals surface area contributed by atoms with Crippen molar-refractivity contribution < 1.29 is 17.5 Å². The molecule has 8 nitrogen and oxygen atoms in total. The normalized spacial score (nSPS) is 18.4. The van der Waals surface area contributed by atoms with E-state index in [1.807, 2.05) is 18.2 Å². The third kappa shape index (κ3) is 5.73. The van der Waals surface area contributed by atoms with Crippen molar-refractivity contribution >= 4 is 32.9 Å². The summed E-state index contributed by atoms with van der Waals surface area (Å²) in [5, 5.41) is 4.92. The first-order chi connectivity index (χ1) is 20.3. The molecule has 0 atom stereocenters. The summed E-state index contributed by atoms with van der Waals surface area (Å²) in [5.74, 6) is 0.776. The molecule has 6 rings (SSSR count). The lowest BCUT2D eigenvalue weighted by Crippen LogP contribution is -2.31. The van der Waals surface area contributed by atoms with E-state index in [-0.39, 0.29) is 23.9 Å². The van der Waals surface area contributed by atoms with Crippen molar-refractivity contribution in [3.8, 4) is 5.75 Å². The van der Waals surface area contributed by atoms with Crippen molar-refractivity contribution in [2.24, 2.45) is 0 Å². The number of halogens is 1. The fraction of sp³-hybridized carbons (Fsp3) is 0.355. The summed E-state index contributed by atoms with van der Waals surface area (Å²) in [6, 6.07) is 16.9. The predicted octanol–water partition coefficient (Wildman–Crippen LogP) is 6.13. The lowest BCUT2D eigenvalue weighted by Gasteiger charge is -2.24. The van der Waals surface area contributed by atoms with Gasteiger partial charge in [0.25, 0.3) is 10.0 Å². The second-order valence-corrected chi connectivity index (χ2v) is 13.4. The van der Waals surface area contributed by atoms with Gasteiger partial charge in [0.1, 0.15) is 11.6 Å². The molecule has 0 saturated carbocycles. The topological polar surface area (TPSA) is 87.7 Å². The van der Waals surface area contributed by atoms with Crippen molar-refractivity contribution in [2.45, 2.75) is 69.4 Å². The SMILES string of the molecule is COc1ccc(CN(c2cscn2)S(=O)(=O)c2ccc(NCc3c(F)cccc3CN3C4CCC3CC4)c(C)n2)cc1. The number of thiazole rings is 1. The lowest BCUT2D eigenvalue weighted by atomic mass is 10.0. The molecule has 2 saturated heterocycles. The minimum absolute atomic E-state index is 0.0804. The molecule has 1 N–H and O–H groups in total. The predicted molar refractivity (Wildman–Crippen MR) is 163 cm³/mol. The second-order valence-electron chi connectivity index (χ2n) is 10.9. The van der Waals surface area contributed by atoms with E-state index in [1.165, 1.54) is 53.5 Å². The van der Waals surface area contributed by atoms with Crippen LogP contribution in [0.4, 0.5) is 15.9 Å². The molecule has 0 unspecified atom stereocenters. The fourth-order valence-electron chi connectivity index (χ4n) is 6.10. The first-order valence-electron chi connectivity index (χ1n) is 14.1. The number of rotatable bonds is 11. The van der Waals surface area contributed by atoms with Crippen LogP contribution >= 0.6 is 11.3 Å². The number of benzene rings is 2. The Morgan fingerprint density at radius 1 is 1.07 bits per heavy atom. The molecule has 2 aliphatic rings. The smallest absolute Gasteiger partial charge is 0.283 e. The van der Waals surface area contributed by atoms with Crippen LogP contribution in [0.5, 0.6) is 5.75 Å². The van der Waals surface area contributed by atoms with Crippen LogP contribution < -0.4 is 14.4 Å². The summed E-state index contributed by atoms with van der Waals surface area (Å²) in [6.07, 6.45) is 4.92. The van der Waals surface area contributed by atoms with Gasteiger partial charge in [-0.3, -0.25) is 4.90 Å². The van der Waals surface area contributed by atoms with E-state index in [2.05, 4.69) is 20.2 Å². The summed E-state index contributed by atoms with van der Waals surface area (Å²) in [4.78, 5) is 11.3. The molecular weight excluding hydrogens is 574 g/mol. The number of hydrogen-bond acceptors (Lipinski definition) is 8. The minimum Gasteiger partial charge on any atom is -0.497 e. The van der Waals surface area contributed by atoms with Crippen molar-refractivity contribution in [3.63, 3.8) is 0 Å². The maximum atomic E-state index is 15.0. The van der Waals surface area contributed by atoms with Crippen LogP contribution in [0.25, 0.3) is 0 Å². The Hall–Kier alpha value is -3.54. The number of nitrogens with zero attached hydrogens (tertiary/aromatic N) is 4. The van der Waals surface area contributed by atoms with E-state index in [1.54, 1.807) is 49.2 Å². The zero-order valence-corrected chi connectivity index (χ0v) is 25.3. The average Bonchev–Trinajstić information content (AvgIpc) is 3.75. The van der Waals surface area contributed by atoms with Gasteiger partial charge in [0.2, 0.25) is 0 Å². The monoisotopic (exact) mass is 607 g/mol. The number of nitrogens with one attached hydrogen (secondary N) is 1. The zero-order valence-electron chi connectivity index (χ0n) is 23.7. The van der Waals surface area contributed by atoms with Gasteiger partial charge in [-0.2, -0.15) is 8.42 Å². The zero-order chi connectivity index (χ0) is 29.3. The summed E-state index contributed by atoms with van der Waals surface area (Å²) in [7, 11) is -2.45. The highest BCUT2D eigenvalue weighted by Gasteiger charge is 2.39. The van der Waals surface area contributed by atoms with Gasteiger partial charge in [0, 0.05) is 36.1 Å². The number of aryl methyl sites for hydroxylation is 1. The van der Waals surface area contributed by atoms with E-state index in [0.29, 0.717) is 40.6 Å². The van der Waals surface area contributed by atoms with Gasteiger partial charge in [-0.05, 0) is 74.1 Å². The maximum absolute atomic E-state index is 15.0. The van der Waals surface area contributed by atoms with Crippen molar-refractivity contribution in [3.05, 3.63) is 93.7 Å². The number of fused-ring (bicyclic) bond motifs is 2. The fourth-order valence-corrected chi connectivity index (χ4v) is 8.09. The van der Waals surface area contributed by atoms with Gasteiger partial charge < -0.3 is 10.1 Å². The van der Waals surface area contributed by atoms with Crippen LogP contribution in [0.1, 0.15) is 48.1 Å². The number of pyridine rings is 1. The van der Waals surface area contributed by atoms with Crippen molar-refractivity contribution in [1.82, 2.24) is 14.9 Å². The molecule has 2 aliphatic heterocycles. The molecule has 4 heterocycles. The van der Waals surface area contributed by atoms with E-state index < -0.39 is 10.0 Å². The largest absolute Gasteiger partial charge is 0.497 e. The molecule has 0 aliphatic carbocycles. The molecular formula is C31H34FN5O3S2. The van der Waals surface area contributed by atoms with E-state index in [0.717, 1.165) is 17.7 Å². The molecule has 0 radical (unpaired) electrons. The molecule has 0 spiro atoms. The standard InChI is InChI=1S/C31H34FN5O3S2/c1-21-29(33-16-27-23(4-3-5-28(27)32)18-36-24-8-9-25(36)11-10-24)14-15-31(35-21)42(38,39)37(30-19-41-20-34-30)17-22-6-12-26(40-2)13-7-22/h3-7,12-15,19-20,24-25,33H,8-11,16-18H2,1-2H3. The Balaban J connectivity index is 1.21. The molecule has 11 heteroatoms. The Kier molecular flexibility index (Phi) is 8.15. The Morgan fingerprint density at radius 3 is 2.45 bits per heavy atom. The Labute approximate surface area is 250 Å². The highest BCUT2D eigenvalue weighted by Crippen LogP contribution is 2.39.